The van der Waals surface area contributed by atoms with Crippen molar-refractivity contribution in [3.63, 3.8) is 0 Å². The van der Waals surface area contributed by atoms with E-state index in [9.17, 15) is 4.79 Å². The number of hydrogen-bond acceptors (Lipinski definition) is 5. The smallest absolute Gasteiger partial charge is 0.202 e. The van der Waals surface area contributed by atoms with E-state index in [0.717, 1.165) is 52.1 Å². The van der Waals surface area contributed by atoms with Gasteiger partial charge in [0.25, 0.3) is 0 Å². The Bertz CT molecular complexity index is 496. The number of carbonyl (C=O) groups excluding carboxylic acids is 1. The van der Waals surface area contributed by atoms with Crippen LogP contribution in [-0.2, 0) is 0 Å². The molecular weight excluding hydrogens is 335 g/mol. The summed E-state index contributed by atoms with van der Waals surface area (Å²) in [5.41, 5.74) is 0.204. The molecule has 0 aliphatic carbocycles. The highest BCUT2D eigenvalue weighted by Gasteiger charge is 2.47. The van der Waals surface area contributed by atoms with Crippen LogP contribution in [0.3, 0.4) is 0 Å². The molecule has 1 unspecified atom stereocenters. The Morgan fingerprint density at radius 3 is 2.57 bits per heavy atom. The van der Waals surface area contributed by atoms with E-state index in [0.29, 0.717) is 5.69 Å². The van der Waals surface area contributed by atoms with Gasteiger partial charge in [-0.3, -0.25) is 14.7 Å². The molecule has 3 heterocycles. The topological polar surface area (TPSA) is 48.5 Å². The maximum Gasteiger partial charge on any atom is 0.202 e. The van der Waals surface area contributed by atoms with Crippen molar-refractivity contribution in [3.05, 3.63) is 30.1 Å². The molecule has 5 nitrogen and oxygen atoms in total. The van der Waals surface area contributed by atoms with Crippen molar-refractivity contribution in [2.45, 2.75) is 18.4 Å². The van der Waals surface area contributed by atoms with Crippen molar-refractivity contribution in [1.82, 2.24) is 20.1 Å². The van der Waals surface area contributed by atoms with E-state index in [1.165, 1.54) is 0 Å². The molecule has 1 aromatic rings. The molecule has 0 radical (unpaired) electrons. The molecule has 1 aromatic heterocycles. The summed E-state index contributed by atoms with van der Waals surface area (Å²) >= 11 is 0. The van der Waals surface area contributed by atoms with Crippen molar-refractivity contribution < 1.29 is 4.79 Å². The van der Waals surface area contributed by atoms with Gasteiger partial charge in [0.1, 0.15) is 5.69 Å². The summed E-state index contributed by atoms with van der Waals surface area (Å²) in [4.78, 5) is 22.2. The zero-order valence-corrected chi connectivity index (χ0v) is 15.2. The largest absolute Gasteiger partial charge is 0.314 e. The third-order valence-corrected chi connectivity index (χ3v) is 4.70. The predicted molar refractivity (Wildman–Crippen MR) is 97.0 cm³/mol. The number of rotatable bonds is 3. The van der Waals surface area contributed by atoms with Gasteiger partial charge in [-0.15, -0.1) is 24.8 Å². The maximum atomic E-state index is 13.2. The highest BCUT2D eigenvalue weighted by molar-refractivity contribution is 6.02. The molecule has 2 aliphatic rings. The third-order valence-electron chi connectivity index (χ3n) is 4.70. The first-order chi connectivity index (χ1) is 10.2. The van der Waals surface area contributed by atoms with Gasteiger partial charge in [-0.1, -0.05) is 6.07 Å². The van der Waals surface area contributed by atoms with E-state index in [4.69, 9.17) is 0 Å². The lowest BCUT2D eigenvalue weighted by Gasteiger charge is -2.49. The number of piperidine rings is 1. The van der Waals surface area contributed by atoms with E-state index in [1.54, 1.807) is 6.20 Å². The van der Waals surface area contributed by atoms with Crippen LogP contribution in [0.2, 0.25) is 0 Å². The van der Waals surface area contributed by atoms with Crippen LogP contribution in [0, 0.1) is 0 Å². The molecule has 2 aliphatic heterocycles. The number of halogens is 2. The zero-order valence-electron chi connectivity index (χ0n) is 13.5. The summed E-state index contributed by atoms with van der Waals surface area (Å²) in [6.45, 7) is 5.67. The second-order valence-electron chi connectivity index (χ2n) is 6.15. The fraction of sp³-hybridized carbons (Fsp3) is 0.625. The summed E-state index contributed by atoms with van der Waals surface area (Å²) in [7, 11) is 2.11. The number of piperazine rings is 1. The summed E-state index contributed by atoms with van der Waals surface area (Å²) in [5, 5.41) is 3.38. The number of hydrogen-bond donors (Lipinski definition) is 1. The first kappa shape index (κ1) is 20.3. The second kappa shape index (κ2) is 8.94. The number of nitrogens with zero attached hydrogens (tertiary/aromatic N) is 3. The molecule has 2 saturated heterocycles. The normalized spacial score (nSPS) is 26.0. The summed E-state index contributed by atoms with van der Waals surface area (Å²) in [5.74, 6) is 0.191. The Morgan fingerprint density at radius 2 is 1.96 bits per heavy atom. The average Bonchev–Trinajstić information content (AvgIpc) is 2.55. The highest BCUT2D eigenvalue weighted by atomic mass is 35.5. The molecule has 0 bridgehead atoms. The summed E-state index contributed by atoms with van der Waals surface area (Å²) in [6.07, 6.45) is 3.72. The lowest BCUT2D eigenvalue weighted by Crippen LogP contribution is -2.66. The molecule has 23 heavy (non-hydrogen) atoms. The Labute approximate surface area is 150 Å². The number of aromatic nitrogens is 1. The zero-order chi connectivity index (χ0) is 14.7. The first-order valence-corrected chi connectivity index (χ1v) is 7.82. The number of likely N-dealkylation sites (tertiary alicyclic amines) is 1. The molecule has 0 spiro atoms. The van der Waals surface area contributed by atoms with Crippen molar-refractivity contribution in [2.75, 3.05) is 46.3 Å². The van der Waals surface area contributed by atoms with Gasteiger partial charge in [0.05, 0.1) is 5.54 Å². The van der Waals surface area contributed by atoms with Crippen molar-refractivity contribution in [1.29, 1.82) is 0 Å². The SMILES string of the molecule is CN1CCCC(C(=O)c2ccccn2)(N2CCNCC2)C1.Cl.Cl. The molecule has 1 N–H and O–H groups in total. The Kier molecular flexibility index (Phi) is 7.90. The van der Waals surface area contributed by atoms with Crippen LogP contribution < -0.4 is 5.32 Å². The van der Waals surface area contributed by atoms with Crippen molar-refractivity contribution >= 4 is 30.6 Å². The van der Waals surface area contributed by atoms with Gasteiger partial charge in [-0.05, 0) is 38.6 Å². The highest BCUT2D eigenvalue weighted by Crippen LogP contribution is 2.30. The van der Waals surface area contributed by atoms with Crippen molar-refractivity contribution in [2.24, 2.45) is 0 Å². The first-order valence-electron chi connectivity index (χ1n) is 7.82. The van der Waals surface area contributed by atoms with E-state index in [-0.39, 0.29) is 30.6 Å². The summed E-state index contributed by atoms with van der Waals surface area (Å²) < 4.78 is 0. The second-order valence-corrected chi connectivity index (χ2v) is 6.15. The maximum absolute atomic E-state index is 13.2. The van der Waals surface area contributed by atoms with Gasteiger partial charge in [-0.2, -0.15) is 0 Å². The fourth-order valence-corrected chi connectivity index (χ4v) is 3.66. The average molecular weight is 361 g/mol. The minimum absolute atomic E-state index is 0. The van der Waals surface area contributed by atoms with Gasteiger partial charge in [-0.25, -0.2) is 0 Å². The van der Waals surface area contributed by atoms with Crippen molar-refractivity contribution in [3.8, 4) is 0 Å². The number of nitrogens with one attached hydrogen (secondary N) is 1. The number of pyridine rings is 1. The van der Waals surface area contributed by atoms with Crippen LogP contribution >= 0.6 is 24.8 Å². The molecule has 0 saturated carbocycles. The predicted octanol–water partition coefficient (Wildman–Crippen LogP) is 1.48. The molecule has 7 heteroatoms. The lowest BCUT2D eigenvalue weighted by atomic mass is 9.81. The van der Waals surface area contributed by atoms with Crippen LogP contribution in [0.5, 0.6) is 0 Å². The Morgan fingerprint density at radius 1 is 1.22 bits per heavy atom. The number of ketones is 1. The van der Waals surface area contributed by atoms with E-state index in [2.05, 4.69) is 27.1 Å². The Hall–Kier alpha value is -0.720. The van der Waals surface area contributed by atoms with Gasteiger partial charge in [0, 0.05) is 38.9 Å². The minimum Gasteiger partial charge on any atom is -0.314 e. The van der Waals surface area contributed by atoms with E-state index >= 15 is 0 Å². The molecule has 0 amide bonds. The number of likely N-dealkylation sites (N-methyl/N-ethyl adjacent to an activating group) is 1. The lowest BCUT2D eigenvalue weighted by molar-refractivity contribution is 0.0152. The molecule has 0 aromatic carbocycles. The van der Waals surface area contributed by atoms with Gasteiger partial charge >= 0.3 is 0 Å². The van der Waals surface area contributed by atoms with Crippen LogP contribution in [0.15, 0.2) is 24.4 Å². The Balaban J connectivity index is 0.00000132. The molecular formula is C16H26Cl2N4O. The van der Waals surface area contributed by atoms with Crippen LogP contribution in [0.25, 0.3) is 0 Å². The van der Waals surface area contributed by atoms with Gasteiger partial charge in [0.2, 0.25) is 5.78 Å². The molecule has 1 atom stereocenters. The van der Waals surface area contributed by atoms with Gasteiger partial charge in [0.15, 0.2) is 0 Å². The molecule has 130 valence electrons. The quantitative estimate of drug-likeness (QED) is 0.827. The molecule has 3 rings (SSSR count). The standard InChI is InChI=1S/C16H24N4O.2ClH/c1-19-10-4-6-16(13-19,20-11-8-17-9-12-20)15(21)14-5-2-3-7-18-14;;/h2-3,5,7,17H,4,6,8-13H2,1H3;2*1H. The van der Waals surface area contributed by atoms with Crippen LogP contribution in [0.4, 0.5) is 0 Å². The van der Waals surface area contributed by atoms with Crippen LogP contribution in [-0.4, -0.2) is 72.4 Å². The minimum atomic E-state index is -0.399. The fourth-order valence-electron chi connectivity index (χ4n) is 3.66. The van der Waals surface area contributed by atoms with Gasteiger partial charge < -0.3 is 10.2 Å². The molecule has 2 fully saturated rings. The number of Topliss-reactive ketones (excluding diaryl/α,β-unsaturated/α-hetero) is 1. The number of carbonyl (C=O) groups is 1. The monoisotopic (exact) mass is 360 g/mol. The van der Waals surface area contributed by atoms with Crippen LogP contribution in [0.1, 0.15) is 23.3 Å². The van der Waals surface area contributed by atoms with E-state index in [1.807, 2.05) is 18.2 Å². The van der Waals surface area contributed by atoms with E-state index < -0.39 is 5.54 Å². The summed E-state index contributed by atoms with van der Waals surface area (Å²) in [6, 6.07) is 5.61. The third kappa shape index (κ3) is 4.22.